The van der Waals surface area contributed by atoms with E-state index in [2.05, 4.69) is 11.8 Å². The summed E-state index contributed by atoms with van der Waals surface area (Å²) in [4.78, 5) is 2.35. The van der Waals surface area contributed by atoms with E-state index in [0.717, 1.165) is 45.4 Å². The Hall–Kier alpha value is -0.130. The summed E-state index contributed by atoms with van der Waals surface area (Å²) in [5.74, 6) is 0.303. The first-order chi connectivity index (χ1) is 7.35. The number of piperidine rings is 1. The second-order valence-electron chi connectivity index (χ2n) is 5.34. The molecule has 0 spiro atoms. The van der Waals surface area contributed by atoms with E-state index in [-0.39, 0.29) is 0 Å². The lowest BCUT2D eigenvalue weighted by Crippen LogP contribution is -2.42. The molecule has 5 heteroatoms. The number of rotatable bonds is 5. The van der Waals surface area contributed by atoms with Gasteiger partial charge in [0.1, 0.15) is 9.84 Å². The Morgan fingerprint density at radius 1 is 1.31 bits per heavy atom. The van der Waals surface area contributed by atoms with Crippen molar-refractivity contribution in [2.24, 2.45) is 11.1 Å². The van der Waals surface area contributed by atoms with Crippen LogP contribution in [0.3, 0.4) is 0 Å². The zero-order chi connectivity index (χ0) is 12.2. The molecule has 1 heterocycles. The molecule has 1 aliphatic heterocycles. The van der Waals surface area contributed by atoms with Crippen molar-refractivity contribution in [3.05, 3.63) is 0 Å². The number of nitrogens with two attached hydrogens (primary N) is 1. The Morgan fingerprint density at radius 3 is 2.31 bits per heavy atom. The van der Waals surface area contributed by atoms with Crippen LogP contribution in [0.15, 0.2) is 0 Å². The van der Waals surface area contributed by atoms with Crippen molar-refractivity contribution in [2.75, 3.05) is 38.2 Å². The molecule has 0 amide bonds. The normalized spacial score (nSPS) is 22.2. The fourth-order valence-electron chi connectivity index (χ4n) is 2.07. The Labute approximate surface area is 99.1 Å². The highest BCUT2D eigenvalue weighted by Crippen LogP contribution is 2.29. The maximum atomic E-state index is 11.0. The van der Waals surface area contributed by atoms with Gasteiger partial charge in [-0.2, -0.15) is 0 Å². The Balaban J connectivity index is 2.23. The fourth-order valence-corrected chi connectivity index (χ4v) is 2.72. The van der Waals surface area contributed by atoms with Crippen LogP contribution in [0.1, 0.15) is 26.2 Å². The van der Waals surface area contributed by atoms with Gasteiger partial charge >= 0.3 is 0 Å². The number of hydrogen-bond acceptors (Lipinski definition) is 4. The summed E-state index contributed by atoms with van der Waals surface area (Å²) in [6, 6.07) is 0. The third-order valence-corrected chi connectivity index (χ3v) is 4.58. The van der Waals surface area contributed by atoms with Gasteiger partial charge in [-0.1, -0.05) is 6.92 Å². The third-order valence-electron chi connectivity index (χ3n) is 3.55. The molecule has 2 N–H and O–H groups in total. The van der Waals surface area contributed by atoms with Crippen LogP contribution in [0.2, 0.25) is 0 Å². The quantitative estimate of drug-likeness (QED) is 0.769. The molecule has 1 aliphatic rings. The summed E-state index contributed by atoms with van der Waals surface area (Å²) in [7, 11) is -2.80. The van der Waals surface area contributed by atoms with Gasteiger partial charge in [-0.3, -0.25) is 0 Å². The third kappa shape index (κ3) is 4.80. The zero-order valence-corrected chi connectivity index (χ0v) is 11.2. The Kier molecular flexibility index (Phi) is 4.76. The van der Waals surface area contributed by atoms with Crippen molar-refractivity contribution < 1.29 is 8.42 Å². The van der Waals surface area contributed by atoms with Crippen molar-refractivity contribution in [3.63, 3.8) is 0 Å². The number of nitrogens with zero attached hydrogens (tertiary/aromatic N) is 1. The van der Waals surface area contributed by atoms with E-state index in [4.69, 9.17) is 5.73 Å². The van der Waals surface area contributed by atoms with Gasteiger partial charge in [0.2, 0.25) is 0 Å². The minimum Gasteiger partial charge on any atom is -0.330 e. The molecular formula is C11H24N2O2S. The van der Waals surface area contributed by atoms with Crippen molar-refractivity contribution in [2.45, 2.75) is 26.2 Å². The van der Waals surface area contributed by atoms with Crippen LogP contribution in [0.25, 0.3) is 0 Å². The first-order valence-electron chi connectivity index (χ1n) is 5.95. The predicted octanol–water partition coefficient (Wildman–Crippen LogP) is 0.482. The fraction of sp³-hybridized carbons (Fsp3) is 1.00. The van der Waals surface area contributed by atoms with Gasteiger partial charge < -0.3 is 10.6 Å². The standard InChI is InChI=1S/C11H24N2O2S/c1-11(10-12)4-7-13(8-5-11)6-3-9-16(2,14)15/h3-10,12H2,1-2H3. The second kappa shape index (κ2) is 5.47. The van der Waals surface area contributed by atoms with E-state index in [1.54, 1.807) is 0 Å². The maximum absolute atomic E-state index is 11.0. The predicted molar refractivity (Wildman–Crippen MR) is 67.2 cm³/mol. The van der Waals surface area contributed by atoms with Crippen LogP contribution in [0.4, 0.5) is 0 Å². The molecule has 1 rings (SSSR count). The summed E-state index contributed by atoms with van der Waals surface area (Å²) in [6.45, 7) is 5.99. The van der Waals surface area contributed by atoms with Crippen LogP contribution < -0.4 is 5.73 Å². The van der Waals surface area contributed by atoms with E-state index in [1.165, 1.54) is 6.26 Å². The Morgan fingerprint density at radius 2 is 1.88 bits per heavy atom. The van der Waals surface area contributed by atoms with Gasteiger partial charge in [-0.15, -0.1) is 0 Å². The first kappa shape index (κ1) is 13.9. The lowest BCUT2D eigenvalue weighted by Gasteiger charge is -2.38. The van der Waals surface area contributed by atoms with Crippen LogP contribution in [0.5, 0.6) is 0 Å². The summed E-state index contributed by atoms with van der Waals surface area (Å²) < 4.78 is 22.0. The van der Waals surface area contributed by atoms with E-state index >= 15 is 0 Å². The van der Waals surface area contributed by atoms with Gasteiger partial charge in [0.25, 0.3) is 0 Å². The molecule has 16 heavy (non-hydrogen) atoms. The van der Waals surface area contributed by atoms with E-state index in [9.17, 15) is 8.42 Å². The summed E-state index contributed by atoms with van der Waals surface area (Å²) in [5.41, 5.74) is 6.04. The van der Waals surface area contributed by atoms with Crippen molar-refractivity contribution >= 4 is 9.84 Å². The summed E-state index contributed by atoms with van der Waals surface area (Å²) in [6.07, 6.45) is 4.30. The van der Waals surface area contributed by atoms with Crippen LogP contribution in [-0.2, 0) is 9.84 Å². The lowest BCUT2D eigenvalue weighted by molar-refractivity contribution is 0.125. The van der Waals surface area contributed by atoms with Gasteiger partial charge in [-0.25, -0.2) is 8.42 Å². The van der Waals surface area contributed by atoms with Crippen LogP contribution in [0, 0.1) is 5.41 Å². The molecular weight excluding hydrogens is 224 g/mol. The molecule has 0 aromatic heterocycles. The van der Waals surface area contributed by atoms with Gasteiger partial charge in [-0.05, 0) is 50.9 Å². The number of hydrogen-bond donors (Lipinski definition) is 1. The first-order valence-corrected chi connectivity index (χ1v) is 8.01. The number of likely N-dealkylation sites (tertiary alicyclic amines) is 1. The molecule has 0 bridgehead atoms. The minimum atomic E-state index is -2.80. The highest BCUT2D eigenvalue weighted by atomic mass is 32.2. The SMILES string of the molecule is CC1(CN)CCN(CCCS(C)(=O)=O)CC1. The zero-order valence-electron chi connectivity index (χ0n) is 10.4. The monoisotopic (exact) mass is 248 g/mol. The molecule has 1 saturated heterocycles. The second-order valence-corrected chi connectivity index (χ2v) is 7.60. The molecule has 1 fully saturated rings. The minimum absolute atomic E-state index is 0.299. The Bertz CT molecular complexity index is 306. The van der Waals surface area contributed by atoms with Crippen molar-refractivity contribution in [3.8, 4) is 0 Å². The van der Waals surface area contributed by atoms with E-state index < -0.39 is 9.84 Å². The van der Waals surface area contributed by atoms with E-state index in [0.29, 0.717) is 11.2 Å². The molecule has 96 valence electrons. The van der Waals surface area contributed by atoms with Gasteiger partial charge in [0.05, 0.1) is 5.75 Å². The molecule has 0 aromatic rings. The van der Waals surface area contributed by atoms with Crippen molar-refractivity contribution in [1.82, 2.24) is 4.90 Å². The average Bonchev–Trinajstić information content (AvgIpc) is 2.20. The number of sulfone groups is 1. The topological polar surface area (TPSA) is 63.4 Å². The van der Waals surface area contributed by atoms with Gasteiger partial charge in [0, 0.05) is 6.26 Å². The molecule has 0 aromatic carbocycles. The molecule has 0 saturated carbocycles. The molecule has 0 aliphatic carbocycles. The van der Waals surface area contributed by atoms with E-state index in [1.807, 2.05) is 0 Å². The highest BCUT2D eigenvalue weighted by molar-refractivity contribution is 7.90. The van der Waals surface area contributed by atoms with Gasteiger partial charge in [0.15, 0.2) is 0 Å². The maximum Gasteiger partial charge on any atom is 0.147 e. The van der Waals surface area contributed by atoms with Crippen molar-refractivity contribution in [1.29, 1.82) is 0 Å². The smallest absolute Gasteiger partial charge is 0.147 e. The average molecular weight is 248 g/mol. The molecule has 4 nitrogen and oxygen atoms in total. The largest absolute Gasteiger partial charge is 0.330 e. The summed E-state index contributed by atoms with van der Waals surface area (Å²) >= 11 is 0. The van der Waals surface area contributed by atoms with Crippen LogP contribution in [-0.4, -0.2) is 51.5 Å². The summed E-state index contributed by atoms with van der Waals surface area (Å²) in [5, 5.41) is 0. The highest BCUT2D eigenvalue weighted by Gasteiger charge is 2.28. The molecule has 0 radical (unpaired) electrons. The lowest BCUT2D eigenvalue weighted by atomic mass is 9.80. The molecule has 0 unspecified atom stereocenters. The molecule has 0 atom stereocenters. The van der Waals surface area contributed by atoms with Crippen LogP contribution >= 0.6 is 0 Å².